The number of benzene rings is 1. The van der Waals surface area contributed by atoms with E-state index < -0.39 is 35.4 Å². The van der Waals surface area contributed by atoms with Crippen molar-refractivity contribution < 1.29 is 28.2 Å². The van der Waals surface area contributed by atoms with Gasteiger partial charge in [-0.15, -0.1) is 5.10 Å². The first-order chi connectivity index (χ1) is 14.0. The second-order valence-electron chi connectivity index (χ2n) is 8.08. The summed E-state index contributed by atoms with van der Waals surface area (Å²) in [5.74, 6) is -2.26. The molecular weight excluding hydrogens is 466 g/mol. The summed E-state index contributed by atoms with van der Waals surface area (Å²) >= 11 is 2.98. The number of hydrogen-bond donors (Lipinski definition) is 2. The van der Waals surface area contributed by atoms with Crippen LogP contribution in [0, 0.1) is 11.8 Å². The highest BCUT2D eigenvalue weighted by atomic mass is 79.9. The number of aliphatic hydroxyl groups is 1. The minimum absolute atomic E-state index is 0.0723. The van der Waals surface area contributed by atoms with Crippen molar-refractivity contribution in [2.45, 2.75) is 38.8 Å². The van der Waals surface area contributed by atoms with Crippen LogP contribution in [0.5, 0.6) is 0 Å². The van der Waals surface area contributed by atoms with Gasteiger partial charge in [-0.05, 0) is 49.2 Å². The van der Waals surface area contributed by atoms with E-state index in [2.05, 4.69) is 26.1 Å². The first kappa shape index (κ1) is 22.4. The number of aromatic amines is 1. The number of aromatic nitrogens is 2. The highest BCUT2D eigenvalue weighted by Gasteiger charge is 2.35. The summed E-state index contributed by atoms with van der Waals surface area (Å²) in [6, 6.07) is 0.501. The number of H-pyrrole nitrogens is 1. The summed E-state index contributed by atoms with van der Waals surface area (Å²) in [7, 11) is 0. The maximum Gasteiger partial charge on any atom is 0.410 e. The normalized spacial score (nSPS) is 17.5. The van der Waals surface area contributed by atoms with E-state index >= 15 is 0 Å². The highest BCUT2D eigenvalue weighted by Crippen LogP contribution is 2.32. The summed E-state index contributed by atoms with van der Waals surface area (Å²) in [5.41, 5.74) is -0.666. The van der Waals surface area contributed by atoms with Gasteiger partial charge in [-0.2, -0.15) is 4.39 Å². The van der Waals surface area contributed by atoms with Gasteiger partial charge in [0.05, 0.1) is 27.0 Å². The number of rotatable bonds is 3. The van der Waals surface area contributed by atoms with Crippen molar-refractivity contribution in [2.24, 2.45) is 0 Å². The molecule has 164 valence electrons. The SMILES string of the molecule is CC(C)(C)OC(=O)N1CCN(C(=O)c2cc(F)c(Br)c3c(F)n[nH]c23)C(CCO)C1. The van der Waals surface area contributed by atoms with Crippen molar-refractivity contribution in [3.8, 4) is 0 Å². The first-order valence-corrected chi connectivity index (χ1v) is 10.2. The van der Waals surface area contributed by atoms with Crippen molar-refractivity contribution in [3.63, 3.8) is 0 Å². The van der Waals surface area contributed by atoms with Crippen LogP contribution < -0.4 is 0 Å². The molecule has 0 bridgehead atoms. The molecule has 2 aromatic rings. The average molecular weight is 489 g/mol. The van der Waals surface area contributed by atoms with Crippen molar-refractivity contribution in [3.05, 3.63) is 27.9 Å². The fourth-order valence-electron chi connectivity index (χ4n) is 3.43. The van der Waals surface area contributed by atoms with Crippen LogP contribution in [0.3, 0.4) is 0 Å². The van der Waals surface area contributed by atoms with Crippen LogP contribution in [0.2, 0.25) is 0 Å². The van der Waals surface area contributed by atoms with E-state index in [9.17, 15) is 23.5 Å². The number of ether oxygens (including phenoxy) is 1. The molecule has 2 amide bonds. The average Bonchev–Trinajstić information content (AvgIpc) is 3.05. The molecule has 11 heteroatoms. The van der Waals surface area contributed by atoms with Crippen LogP contribution in [-0.4, -0.2) is 75.0 Å². The van der Waals surface area contributed by atoms with Gasteiger partial charge in [-0.1, -0.05) is 0 Å². The molecule has 0 saturated carbocycles. The Morgan fingerprint density at radius 3 is 2.70 bits per heavy atom. The lowest BCUT2D eigenvalue weighted by Gasteiger charge is -2.41. The molecule has 1 aromatic carbocycles. The molecule has 0 spiro atoms. The maximum absolute atomic E-state index is 14.3. The number of amides is 2. The molecular formula is C19H23BrF2N4O4. The smallest absolute Gasteiger partial charge is 0.410 e. The molecule has 0 aliphatic carbocycles. The molecule has 1 fully saturated rings. The topological polar surface area (TPSA) is 98.8 Å². The molecule has 30 heavy (non-hydrogen) atoms. The predicted molar refractivity (Wildman–Crippen MR) is 108 cm³/mol. The van der Waals surface area contributed by atoms with E-state index in [0.717, 1.165) is 6.07 Å². The third-order valence-corrected chi connectivity index (χ3v) is 5.56. The summed E-state index contributed by atoms with van der Waals surface area (Å²) in [5, 5.41) is 15.2. The number of piperazine rings is 1. The van der Waals surface area contributed by atoms with Gasteiger partial charge in [-0.3, -0.25) is 9.89 Å². The second-order valence-corrected chi connectivity index (χ2v) is 8.87. The predicted octanol–water partition coefficient (Wildman–Crippen LogP) is 3.05. The zero-order valence-corrected chi connectivity index (χ0v) is 18.4. The van der Waals surface area contributed by atoms with Crippen molar-refractivity contribution >= 4 is 38.8 Å². The number of hydrogen-bond acceptors (Lipinski definition) is 5. The van der Waals surface area contributed by atoms with Gasteiger partial charge in [-0.25, -0.2) is 9.18 Å². The molecule has 3 rings (SSSR count). The van der Waals surface area contributed by atoms with E-state index in [1.54, 1.807) is 20.8 Å². The number of aliphatic hydroxyl groups excluding tert-OH is 1. The van der Waals surface area contributed by atoms with Gasteiger partial charge in [0, 0.05) is 26.2 Å². The Morgan fingerprint density at radius 2 is 2.07 bits per heavy atom. The van der Waals surface area contributed by atoms with Gasteiger partial charge in [0.2, 0.25) is 5.95 Å². The number of nitrogens with one attached hydrogen (secondary N) is 1. The van der Waals surface area contributed by atoms with Crippen molar-refractivity contribution in [1.82, 2.24) is 20.0 Å². The molecule has 8 nitrogen and oxygen atoms in total. The van der Waals surface area contributed by atoms with Gasteiger partial charge in [0.15, 0.2) is 0 Å². The minimum atomic E-state index is -0.924. The number of carbonyl (C=O) groups excluding carboxylic acids is 2. The van der Waals surface area contributed by atoms with Crippen LogP contribution in [-0.2, 0) is 4.74 Å². The Kier molecular flexibility index (Phi) is 6.32. The zero-order valence-electron chi connectivity index (χ0n) is 16.8. The van der Waals surface area contributed by atoms with Crippen molar-refractivity contribution in [1.29, 1.82) is 0 Å². The monoisotopic (exact) mass is 488 g/mol. The zero-order chi connectivity index (χ0) is 22.2. The summed E-state index contributed by atoms with van der Waals surface area (Å²) in [4.78, 5) is 28.6. The van der Waals surface area contributed by atoms with Gasteiger partial charge in [0.25, 0.3) is 5.91 Å². The lowest BCUT2D eigenvalue weighted by molar-refractivity contribution is 0.00181. The van der Waals surface area contributed by atoms with Gasteiger partial charge < -0.3 is 19.6 Å². The fraction of sp³-hybridized carbons (Fsp3) is 0.526. The van der Waals surface area contributed by atoms with E-state index in [-0.39, 0.29) is 53.6 Å². The van der Waals surface area contributed by atoms with Gasteiger partial charge in [0.1, 0.15) is 11.4 Å². The van der Waals surface area contributed by atoms with Crippen LogP contribution >= 0.6 is 15.9 Å². The quantitative estimate of drug-likeness (QED) is 0.691. The van der Waals surface area contributed by atoms with E-state index in [1.807, 2.05) is 0 Å². The standard InChI is InChI=1S/C19H23BrF2N4O4/c1-19(2,3)30-18(29)25-5-6-26(10(9-25)4-7-27)17(28)11-8-12(21)14(20)13-15(11)23-24-16(13)22/h8,10,27H,4-7,9H2,1-3H3,(H,23,24). The molecule has 2 N–H and O–H groups in total. The van der Waals surface area contributed by atoms with E-state index in [0.29, 0.717) is 0 Å². The number of carbonyl (C=O) groups is 2. The Morgan fingerprint density at radius 1 is 1.37 bits per heavy atom. The minimum Gasteiger partial charge on any atom is -0.444 e. The Balaban J connectivity index is 1.89. The summed E-state index contributed by atoms with van der Waals surface area (Å²) < 4.78 is 33.6. The van der Waals surface area contributed by atoms with Crippen LogP contribution in [0.25, 0.3) is 10.9 Å². The second kappa shape index (κ2) is 8.46. The van der Waals surface area contributed by atoms with Crippen LogP contribution in [0.4, 0.5) is 13.6 Å². The van der Waals surface area contributed by atoms with Crippen molar-refractivity contribution in [2.75, 3.05) is 26.2 Å². The largest absolute Gasteiger partial charge is 0.444 e. The molecule has 1 aromatic heterocycles. The Bertz CT molecular complexity index is 976. The third kappa shape index (κ3) is 4.41. The third-order valence-electron chi connectivity index (χ3n) is 4.78. The number of fused-ring (bicyclic) bond motifs is 1. The molecule has 1 unspecified atom stereocenters. The Hall–Kier alpha value is -2.27. The number of halogens is 3. The molecule has 0 radical (unpaired) electrons. The lowest BCUT2D eigenvalue weighted by Crippen LogP contribution is -2.57. The molecule has 1 aliphatic heterocycles. The van der Waals surface area contributed by atoms with E-state index in [4.69, 9.17) is 4.74 Å². The maximum atomic E-state index is 14.3. The first-order valence-electron chi connectivity index (χ1n) is 9.44. The molecule has 1 saturated heterocycles. The molecule has 1 aliphatic rings. The molecule has 2 heterocycles. The Labute approximate surface area is 180 Å². The van der Waals surface area contributed by atoms with E-state index in [1.165, 1.54) is 9.80 Å². The van der Waals surface area contributed by atoms with Gasteiger partial charge >= 0.3 is 6.09 Å². The summed E-state index contributed by atoms with van der Waals surface area (Å²) in [6.45, 7) is 5.58. The highest BCUT2D eigenvalue weighted by molar-refractivity contribution is 9.10. The summed E-state index contributed by atoms with van der Waals surface area (Å²) in [6.07, 6.45) is -0.296. The number of nitrogens with zero attached hydrogens (tertiary/aromatic N) is 3. The van der Waals surface area contributed by atoms with Crippen LogP contribution in [0.15, 0.2) is 10.5 Å². The molecule has 1 atom stereocenters. The fourth-order valence-corrected chi connectivity index (χ4v) is 3.91. The lowest BCUT2D eigenvalue weighted by atomic mass is 10.0. The van der Waals surface area contributed by atoms with Crippen LogP contribution in [0.1, 0.15) is 37.6 Å².